The second-order valence-corrected chi connectivity index (χ2v) is 5.12. The summed E-state index contributed by atoms with van der Waals surface area (Å²) in [7, 11) is 0. The molecule has 0 saturated carbocycles. The van der Waals surface area contributed by atoms with Gasteiger partial charge in [0.2, 0.25) is 11.9 Å². The molecule has 0 bridgehead atoms. The Labute approximate surface area is 124 Å². The van der Waals surface area contributed by atoms with E-state index in [1.54, 1.807) is 6.20 Å². The first-order chi connectivity index (χ1) is 10.4. The van der Waals surface area contributed by atoms with Gasteiger partial charge in [-0.25, -0.2) is 0 Å². The number of hydrogen-bond donors (Lipinski definition) is 1. The Kier molecular flexibility index (Phi) is 4.23. The third kappa shape index (κ3) is 3.26. The summed E-state index contributed by atoms with van der Waals surface area (Å²) in [6, 6.07) is 5.76. The maximum Gasteiger partial charge on any atom is 0.230 e. The SMILES string of the molecule is CCCNc1nc(-c2ccccn2)nc(N2CCCC2)n1. The zero-order chi connectivity index (χ0) is 14.5. The van der Waals surface area contributed by atoms with Gasteiger partial charge in [-0.1, -0.05) is 13.0 Å². The van der Waals surface area contributed by atoms with Gasteiger partial charge in [0.05, 0.1) is 0 Å². The van der Waals surface area contributed by atoms with Crippen molar-refractivity contribution < 1.29 is 0 Å². The van der Waals surface area contributed by atoms with Crippen LogP contribution in [0.15, 0.2) is 24.4 Å². The number of rotatable bonds is 5. The van der Waals surface area contributed by atoms with Gasteiger partial charge in [-0.2, -0.15) is 15.0 Å². The lowest BCUT2D eigenvalue weighted by Crippen LogP contribution is -2.22. The van der Waals surface area contributed by atoms with E-state index in [9.17, 15) is 0 Å². The van der Waals surface area contributed by atoms with Crippen LogP contribution < -0.4 is 10.2 Å². The van der Waals surface area contributed by atoms with Crippen LogP contribution in [-0.4, -0.2) is 39.6 Å². The summed E-state index contributed by atoms with van der Waals surface area (Å²) in [5, 5.41) is 3.25. The van der Waals surface area contributed by atoms with Crippen molar-refractivity contribution >= 4 is 11.9 Å². The average molecular weight is 284 g/mol. The van der Waals surface area contributed by atoms with E-state index in [1.165, 1.54) is 12.8 Å². The molecule has 1 fully saturated rings. The van der Waals surface area contributed by atoms with Crippen LogP contribution in [0, 0.1) is 0 Å². The van der Waals surface area contributed by atoms with E-state index in [1.807, 2.05) is 18.2 Å². The highest BCUT2D eigenvalue weighted by Crippen LogP contribution is 2.20. The lowest BCUT2D eigenvalue weighted by Gasteiger charge is -2.16. The van der Waals surface area contributed by atoms with Gasteiger partial charge in [-0.05, 0) is 31.4 Å². The third-order valence-electron chi connectivity index (χ3n) is 3.44. The molecule has 21 heavy (non-hydrogen) atoms. The minimum atomic E-state index is 0.631. The zero-order valence-corrected chi connectivity index (χ0v) is 12.3. The van der Waals surface area contributed by atoms with Crippen LogP contribution in [0.5, 0.6) is 0 Å². The monoisotopic (exact) mass is 284 g/mol. The van der Waals surface area contributed by atoms with Crippen molar-refractivity contribution in [1.82, 2.24) is 19.9 Å². The minimum absolute atomic E-state index is 0.631. The summed E-state index contributed by atoms with van der Waals surface area (Å²) in [4.78, 5) is 20.2. The fourth-order valence-electron chi connectivity index (χ4n) is 2.35. The van der Waals surface area contributed by atoms with Crippen molar-refractivity contribution in [3.05, 3.63) is 24.4 Å². The van der Waals surface area contributed by atoms with Gasteiger partial charge >= 0.3 is 0 Å². The van der Waals surface area contributed by atoms with Crippen LogP contribution in [0.4, 0.5) is 11.9 Å². The molecule has 2 aromatic heterocycles. The normalized spacial score (nSPS) is 14.4. The Balaban J connectivity index is 1.96. The molecule has 3 rings (SSSR count). The summed E-state index contributed by atoms with van der Waals surface area (Å²) >= 11 is 0. The summed E-state index contributed by atoms with van der Waals surface area (Å²) in [6.45, 7) is 5.00. The Bertz CT molecular complexity index is 580. The Morgan fingerprint density at radius 1 is 1.14 bits per heavy atom. The van der Waals surface area contributed by atoms with E-state index in [-0.39, 0.29) is 0 Å². The Morgan fingerprint density at radius 3 is 2.71 bits per heavy atom. The number of anilines is 2. The van der Waals surface area contributed by atoms with Crippen molar-refractivity contribution in [2.75, 3.05) is 29.9 Å². The van der Waals surface area contributed by atoms with Gasteiger partial charge in [0.15, 0.2) is 5.82 Å². The van der Waals surface area contributed by atoms with Crippen molar-refractivity contribution in [3.63, 3.8) is 0 Å². The molecule has 0 spiro atoms. The van der Waals surface area contributed by atoms with E-state index < -0.39 is 0 Å². The second-order valence-electron chi connectivity index (χ2n) is 5.12. The Morgan fingerprint density at radius 2 is 2.00 bits per heavy atom. The fraction of sp³-hybridized carbons (Fsp3) is 0.467. The summed E-state index contributed by atoms with van der Waals surface area (Å²) in [5.41, 5.74) is 0.778. The van der Waals surface area contributed by atoms with Gasteiger partial charge in [0, 0.05) is 25.8 Å². The number of aromatic nitrogens is 4. The molecule has 1 saturated heterocycles. The molecular formula is C15H20N6. The molecule has 3 heterocycles. The molecule has 0 aliphatic carbocycles. The summed E-state index contributed by atoms with van der Waals surface area (Å²) < 4.78 is 0. The molecule has 6 nitrogen and oxygen atoms in total. The van der Waals surface area contributed by atoms with E-state index in [0.29, 0.717) is 11.8 Å². The van der Waals surface area contributed by atoms with Gasteiger partial charge in [0.1, 0.15) is 5.69 Å². The van der Waals surface area contributed by atoms with E-state index >= 15 is 0 Å². The first kappa shape index (κ1) is 13.7. The molecule has 0 atom stereocenters. The highest BCUT2D eigenvalue weighted by Gasteiger charge is 2.18. The first-order valence-electron chi connectivity index (χ1n) is 7.53. The molecule has 0 unspecified atom stereocenters. The topological polar surface area (TPSA) is 66.8 Å². The lowest BCUT2D eigenvalue weighted by atomic mass is 10.3. The summed E-state index contributed by atoms with van der Waals surface area (Å²) in [5.74, 6) is 2.02. The molecule has 0 radical (unpaired) electrons. The quantitative estimate of drug-likeness (QED) is 0.909. The van der Waals surface area contributed by atoms with Crippen LogP contribution in [0.25, 0.3) is 11.5 Å². The van der Waals surface area contributed by atoms with Crippen molar-refractivity contribution in [3.8, 4) is 11.5 Å². The predicted octanol–water partition coefficient (Wildman–Crippen LogP) is 2.36. The van der Waals surface area contributed by atoms with Gasteiger partial charge in [0.25, 0.3) is 0 Å². The van der Waals surface area contributed by atoms with E-state index in [0.717, 1.165) is 37.7 Å². The van der Waals surface area contributed by atoms with Gasteiger partial charge in [-0.15, -0.1) is 0 Å². The largest absolute Gasteiger partial charge is 0.354 e. The Hall–Kier alpha value is -2.24. The number of nitrogens with zero attached hydrogens (tertiary/aromatic N) is 5. The third-order valence-corrected chi connectivity index (χ3v) is 3.44. The van der Waals surface area contributed by atoms with E-state index in [4.69, 9.17) is 0 Å². The minimum Gasteiger partial charge on any atom is -0.354 e. The molecule has 6 heteroatoms. The molecular weight excluding hydrogens is 264 g/mol. The number of nitrogens with one attached hydrogen (secondary N) is 1. The highest BCUT2D eigenvalue weighted by molar-refractivity contribution is 5.53. The van der Waals surface area contributed by atoms with Crippen molar-refractivity contribution in [1.29, 1.82) is 0 Å². The zero-order valence-electron chi connectivity index (χ0n) is 12.3. The molecule has 1 aliphatic heterocycles. The maximum absolute atomic E-state index is 4.59. The molecule has 1 N–H and O–H groups in total. The lowest BCUT2D eigenvalue weighted by molar-refractivity contribution is 0.871. The van der Waals surface area contributed by atoms with Crippen molar-refractivity contribution in [2.24, 2.45) is 0 Å². The van der Waals surface area contributed by atoms with Crippen molar-refractivity contribution in [2.45, 2.75) is 26.2 Å². The van der Waals surface area contributed by atoms with Gasteiger partial charge in [-0.3, -0.25) is 4.98 Å². The van der Waals surface area contributed by atoms with Crippen LogP contribution >= 0.6 is 0 Å². The standard InChI is InChI=1S/C15H20N6/c1-2-8-17-14-18-13(12-7-3-4-9-16-12)19-15(20-14)21-10-5-6-11-21/h3-4,7,9H,2,5-6,8,10-11H2,1H3,(H,17,18,19,20). The average Bonchev–Trinajstić information content (AvgIpc) is 3.08. The van der Waals surface area contributed by atoms with Gasteiger partial charge < -0.3 is 10.2 Å². The van der Waals surface area contributed by atoms with Crippen LogP contribution in [-0.2, 0) is 0 Å². The van der Waals surface area contributed by atoms with Crippen LogP contribution in [0.1, 0.15) is 26.2 Å². The molecule has 0 amide bonds. The summed E-state index contributed by atoms with van der Waals surface area (Å²) in [6.07, 6.45) is 5.18. The van der Waals surface area contributed by atoms with Crippen LogP contribution in [0.3, 0.4) is 0 Å². The smallest absolute Gasteiger partial charge is 0.230 e. The molecule has 110 valence electrons. The molecule has 0 aromatic carbocycles. The second kappa shape index (κ2) is 6.47. The van der Waals surface area contributed by atoms with Crippen LogP contribution in [0.2, 0.25) is 0 Å². The fourth-order valence-corrected chi connectivity index (χ4v) is 2.35. The highest BCUT2D eigenvalue weighted by atomic mass is 15.3. The number of hydrogen-bond acceptors (Lipinski definition) is 6. The predicted molar refractivity (Wildman–Crippen MR) is 83.3 cm³/mol. The number of pyridine rings is 1. The first-order valence-corrected chi connectivity index (χ1v) is 7.53. The van der Waals surface area contributed by atoms with E-state index in [2.05, 4.69) is 37.1 Å². The molecule has 1 aliphatic rings. The molecule has 2 aromatic rings. The maximum atomic E-state index is 4.59.